The SMILES string of the molecule is CN(C)CN(c1c(C(=O)C2CCC2)cnc2cccnc12)C1CCCCC1. The molecule has 2 saturated carbocycles. The summed E-state index contributed by atoms with van der Waals surface area (Å²) in [5.41, 5.74) is 3.53. The number of aromatic nitrogens is 2. The Labute approximate surface area is 161 Å². The Bertz CT molecular complexity index is 809. The smallest absolute Gasteiger partial charge is 0.169 e. The van der Waals surface area contributed by atoms with Gasteiger partial charge < -0.3 is 4.90 Å². The van der Waals surface area contributed by atoms with E-state index in [-0.39, 0.29) is 11.7 Å². The Morgan fingerprint density at radius 3 is 2.52 bits per heavy atom. The molecule has 0 N–H and O–H groups in total. The van der Waals surface area contributed by atoms with Crippen LogP contribution in [0.15, 0.2) is 24.5 Å². The van der Waals surface area contributed by atoms with Gasteiger partial charge in [-0.05, 0) is 51.9 Å². The molecule has 5 nitrogen and oxygen atoms in total. The lowest BCUT2D eigenvalue weighted by Gasteiger charge is -2.39. The lowest BCUT2D eigenvalue weighted by Crippen LogP contribution is -2.43. The Kier molecular flexibility index (Phi) is 5.39. The second-order valence-electron chi connectivity index (χ2n) is 8.37. The van der Waals surface area contributed by atoms with Gasteiger partial charge in [-0.2, -0.15) is 0 Å². The van der Waals surface area contributed by atoms with Gasteiger partial charge in [0.15, 0.2) is 5.78 Å². The van der Waals surface area contributed by atoms with Crippen molar-refractivity contribution in [3.63, 3.8) is 0 Å². The van der Waals surface area contributed by atoms with Gasteiger partial charge in [-0.3, -0.25) is 19.7 Å². The number of rotatable bonds is 6. The van der Waals surface area contributed by atoms with Crippen LogP contribution in [0.3, 0.4) is 0 Å². The fourth-order valence-corrected chi connectivity index (χ4v) is 4.43. The topological polar surface area (TPSA) is 49.3 Å². The van der Waals surface area contributed by atoms with Crippen LogP contribution in [0, 0.1) is 5.92 Å². The van der Waals surface area contributed by atoms with Crippen molar-refractivity contribution in [2.75, 3.05) is 25.7 Å². The number of ketones is 1. The van der Waals surface area contributed by atoms with Crippen LogP contribution < -0.4 is 4.90 Å². The first-order chi connectivity index (χ1) is 13.1. The minimum Gasteiger partial charge on any atom is -0.353 e. The van der Waals surface area contributed by atoms with Gasteiger partial charge in [-0.25, -0.2) is 0 Å². The second-order valence-corrected chi connectivity index (χ2v) is 8.37. The quantitative estimate of drug-likeness (QED) is 0.564. The maximum Gasteiger partial charge on any atom is 0.169 e. The molecule has 2 heterocycles. The molecule has 0 unspecified atom stereocenters. The van der Waals surface area contributed by atoms with Gasteiger partial charge in [0, 0.05) is 24.4 Å². The van der Waals surface area contributed by atoms with Crippen molar-refractivity contribution in [3.05, 3.63) is 30.1 Å². The molecule has 0 aliphatic heterocycles. The van der Waals surface area contributed by atoms with E-state index in [0.717, 1.165) is 48.2 Å². The van der Waals surface area contributed by atoms with Crippen LogP contribution in [-0.4, -0.2) is 47.5 Å². The number of nitrogens with zero attached hydrogens (tertiary/aromatic N) is 4. The largest absolute Gasteiger partial charge is 0.353 e. The summed E-state index contributed by atoms with van der Waals surface area (Å²) < 4.78 is 0. The van der Waals surface area contributed by atoms with Crippen LogP contribution in [-0.2, 0) is 0 Å². The monoisotopic (exact) mass is 366 g/mol. The highest BCUT2D eigenvalue weighted by Crippen LogP contribution is 2.38. The highest BCUT2D eigenvalue weighted by Gasteiger charge is 2.32. The van der Waals surface area contributed by atoms with Gasteiger partial charge in [-0.1, -0.05) is 25.7 Å². The fraction of sp³-hybridized carbons (Fsp3) is 0.591. The Hall–Kier alpha value is -2.01. The van der Waals surface area contributed by atoms with Crippen LogP contribution >= 0.6 is 0 Å². The van der Waals surface area contributed by atoms with E-state index in [0.29, 0.717) is 6.04 Å². The summed E-state index contributed by atoms with van der Waals surface area (Å²) in [6.45, 7) is 0.797. The van der Waals surface area contributed by atoms with Crippen molar-refractivity contribution >= 4 is 22.5 Å². The first-order valence-electron chi connectivity index (χ1n) is 10.3. The van der Waals surface area contributed by atoms with E-state index in [1.165, 1.54) is 32.1 Å². The van der Waals surface area contributed by atoms with E-state index in [9.17, 15) is 4.79 Å². The molecule has 2 aromatic heterocycles. The lowest BCUT2D eigenvalue weighted by molar-refractivity contribution is 0.0855. The zero-order valence-electron chi connectivity index (χ0n) is 16.5. The normalized spacial score (nSPS) is 18.6. The molecular formula is C22H30N4O. The number of carbonyl (C=O) groups excluding carboxylic acids is 1. The van der Waals surface area contributed by atoms with Gasteiger partial charge in [0.1, 0.15) is 5.52 Å². The van der Waals surface area contributed by atoms with Crippen LogP contribution in [0.5, 0.6) is 0 Å². The summed E-state index contributed by atoms with van der Waals surface area (Å²) in [4.78, 5) is 27.2. The van der Waals surface area contributed by atoms with Gasteiger partial charge >= 0.3 is 0 Å². The average Bonchev–Trinajstić information content (AvgIpc) is 2.64. The molecule has 4 rings (SSSR count). The summed E-state index contributed by atoms with van der Waals surface area (Å²) in [6.07, 6.45) is 13.0. The molecule has 0 spiro atoms. The molecule has 0 amide bonds. The van der Waals surface area contributed by atoms with Crippen molar-refractivity contribution in [2.45, 2.75) is 57.4 Å². The second kappa shape index (κ2) is 7.93. The van der Waals surface area contributed by atoms with Crippen molar-refractivity contribution in [2.24, 2.45) is 5.92 Å². The van der Waals surface area contributed by atoms with Crippen molar-refractivity contribution < 1.29 is 4.79 Å². The van der Waals surface area contributed by atoms with Gasteiger partial charge in [-0.15, -0.1) is 0 Å². The number of fused-ring (bicyclic) bond motifs is 1. The number of hydrogen-bond acceptors (Lipinski definition) is 5. The summed E-state index contributed by atoms with van der Waals surface area (Å²) >= 11 is 0. The zero-order chi connectivity index (χ0) is 18.8. The molecule has 27 heavy (non-hydrogen) atoms. The predicted molar refractivity (Wildman–Crippen MR) is 109 cm³/mol. The van der Waals surface area contributed by atoms with Crippen LogP contribution in [0.4, 0.5) is 5.69 Å². The lowest BCUT2D eigenvalue weighted by atomic mass is 9.79. The molecule has 5 heteroatoms. The third-order valence-electron chi connectivity index (χ3n) is 6.08. The number of hydrogen-bond donors (Lipinski definition) is 0. The van der Waals surface area contributed by atoms with Crippen molar-refractivity contribution in [3.8, 4) is 0 Å². The molecule has 0 bridgehead atoms. The number of Topliss-reactive ketones (excluding diaryl/α,β-unsaturated/α-hetero) is 1. The van der Waals surface area contributed by atoms with E-state index in [1.807, 2.05) is 24.5 Å². The van der Waals surface area contributed by atoms with Crippen molar-refractivity contribution in [1.82, 2.24) is 14.9 Å². The maximum atomic E-state index is 13.3. The molecule has 2 aliphatic rings. The third-order valence-corrected chi connectivity index (χ3v) is 6.08. The minimum atomic E-state index is 0.166. The fourth-order valence-electron chi connectivity index (χ4n) is 4.43. The maximum absolute atomic E-state index is 13.3. The molecule has 0 radical (unpaired) electrons. The van der Waals surface area contributed by atoms with Gasteiger partial charge in [0.2, 0.25) is 0 Å². The molecular weight excluding hydrogens is 336 g/mol. The molecule has 2 aromatic rings. The van der Waals surface area contributed by atoms with Crippen LogP contribution in [0.2, 0.25) is 0 Å². The van der Waals surface area contributed by atoms with Gasteiger partial charge in [0.05, 0.1) is 23.4 Å². The summed E-state index contributed by atoms with van der Waals surface area (Å²) in [5.74, 6) is 0.426. The van der Waals surface area contributed by atoms with Crippen molar-refractivity contribution in [1.29, 1.82) is 0 Å². The summed E-state index contributed by atoms with van der Waals surface area (Å²) in [7, 11) is 4.19. The molecule has 0 aromatic carbocycles. The highest BCUT2D eigenvalue weighted by molar-refractivity contribution is 6.08. The van der Waals surface area contributed by atoms with E-state index in [4.69, 9.17) is 0 Å². The van der Waals surface area contributed by atoms with E-state index < -0.39 is 0 Å². The number of anilines is 1. The molecule has 2 fully saturated rings. The molecule has 0 atom stereocenters. The standard InChI is InChI=1S/C22H30N4O/c1-25(2)15-26(17-10-4-3-5-11-17)21-18(22(27)16-8-6-9-16)14-24-19-12-7-13-23-20(19)21/h7,12-14,16-17H,3-6,8-11,15H2,1-2H3. The number of pyridine rings is 2. The van der Waals surface area contributed by atoms with Crippen LogP contribution in [0.1, 0.15) is 61.7 Å². The first-order valence-corrected chi connectivity index (χ1v) is 10.3. The summed E-state index contributed by atoms with van der Waals surface area (Å²) in [5, 5.41) is 0. The molecule has 2 aliphatic carbocycles. The Morgan fingerprint density at radius 2 is 1.85 bits per heavy atom. The first kappa shape index (κ1) is 18.4. The molecule has 0 saturated heterocycles. The highest BCUT2D eigenvalue weighted by atomic mass is 16.1. The predicted octanol–water partition coefficient (Wildman–Crippen LogP) is 4.27. The van der Waals surface area contributed by atoms with Crippen LogP contribution in [0.25, 0.3) is 11.0 Å². The Balaban J connectivity index is 1.85. The molecule has 144 valence electrons. The number of carbonyl (C=O) groups is 1. The van der Waals surface area contributed by atoms with E-state index in [1.54, 1.807) is 0 Å². The summed E-state index contributed by atoms with van der Waals surface area (Å²) in [6, 6.07) is 4.38. The average molecular weight is 367 g/mol. The van der Waals surface area contributed by atoms with E-state index in [2.05, 4.69) is 33.9 Å². The third kappa shape index (κ3) is 3.70. The minimum absolute atomic E-state index is 0.166. The van der Waals surface area contributed by atoms with E-state index >= 15 is 0 Å². The zero-order valence-corrected chi connectivity index (χ0v) is 16.5. The van der Waals surface area contributed by atoms with Gasteiger partial charge in [0.25, 0.3) is 0 Å². The Morgan fingerprint density at radius 1 is 1.07 bits per heavy atom.